The maximum absolute atomic E-state index is 8.41. The number of hydrogen-bond acceptors (Lipinski definition) is 6. The minimum absolute atomic E-state index is 0.0604. The molecule has 8 aromatic carbocycles. The summed E-state index contributed by atoms with van der Waals surface area (Å²) in [6, 6.07) is 59.6. The molecule has 0 fully saturated rings. The zero-order chi connectivity index (χ0) is 72.9. The van der Waals surface area contributed by atoms with E-state index in [0.717, 1.165) is 55.9 Å². The Bertz CT molecular complexity index is 3510. The van der Waals surface area contributed by atoms with Crippen LogP contribution in [0.1, 0.15) is 98.7 Å². The van der Waals surface area contributed by atoms with Gasteiger partial charge in [0, 0.05) is 67.2 Å². The number of aryl methyl sites for hydroxylation is 8. The summed E-state index contributed by atoms with van der Waals surface area (Å²) in [5.74, 6) is 0. The number of benzene rings is 8. The topological polar surface area (TPSA) is 40.0 Å². The molecular formula is C78H106I8N6P4. The third kappa shape index (κ3) is 42.5. The monoisotopic (exact) mass is 2270 g/mol. The summed E-state index contributed by atoms with van der Waals surface area (Å²) in [6.07, 6.45) is 4.54. The normalized spacial score (nSPS) is 11.9. The molecule has 0 amide bonds. The number of likely N-dealkylation sites (N-methyl/N-ethyl adjacent to an activating group) is 4. The quantitative estimate of drug-likeness (QED) is 0.0709. The van der Waals surface area contributed by atoms with Crippen LogP contribution in [0.3, 0.4) is 0 Å². The first-order valence-electron chi connectivity index (χ1n) is 31.7. The highest BCUT2D eigenvalue weighted by Crippen LogP contribution is 2.68. The van der Waals surface area contributed by atoms with Crippen LogP contribution in [0.4, 0.5) is 0 Å². The van der Waals surface area contributed by atoms with E-state index in [2.05, 4.69) is 502 Å². The Balaban J connectivity index is 0.000000555. The molecule has 18 heteroatoms. The molecule has 0 saturated heterocycles. The van der Waals surface area contributed by atoms with E-state index in [4.69, 9.17) is 5.26 Å². The zero-order valence-corrected chi connectivity index (χ0v) is 81.8. The van der Waals surface area contributed by atoms with E-state index >= 15 is 0 Å². The molecule has 0 radical (unpaired) electrons. The van der Waals surface area contributed by atoms with Crippen LogP contribution in [-0.4, -0.2) is 112 Å². The van der Waals surface area contributed by atoms with E-state index in [0.29, 0.717) is 18.1 Å². The number of halogens is 8. The van der Waals surface area contributed by atoms with E-state index < -0.39 is 0 Å². The highest BCUT2D eigenvalue weighted by Gasteiger charge is 2.17. The standard InChI is InChI=1S/C12H22INP4.2C12H18IN.C11H16IN.C9H12IN.C8H9I.C7H4IN.C7H7I/c1-8-5-11(12(13)6-9(8)2)7-10(3)14(4)18(16)17-15;1-9-7-11(5-6-14(3)4)12(13)8-10(9)2;1-9-5-6-12(13)11(7-9)8-10(2)14(3)4;1-9(13(2)3)8-10-4-6-11(12)7-5-10;1-11(2)7-8-3-5-9(10)6-4-8;1-6-3-4-7(2)8(9)5-6;8-7-3-1-2-6(4-7)5-9;1-6-2-4-7(8)5-3-6/h5-6,10,17H,7,15-16H2,1-4H3;7-8H,5-6H2,1-4H3;5-7,10H,8H2,1-4H3;4-7,9H,8H2,1-3H3;3-6H,7H2,1-2H3;3-5H,1-2H3;1-4H;2-5H,1H3/t10-,18?;;10-;9-;;;;/m1.11..../s1. The lowest BCUT2D eigenvalue weighted by Crippen LogP contribution is -2.26. The van der Waals surface area contributed by atoms with Crippen LogP contribution >= 0.6 is 214 Å². The molecule has 96 heavy (non-hydrogen) atoms. The maximum Gasteiger partial charge on any atom is 0.0991 e. The van der Waals surface area contributed by atoms with E-state index in [1.54, 1.807) is 6.07 Å². The number of hydrogen-bond donors (Lipinski definition) is 0. The Morgan fingerprint density at radius 2 is 0.844 bits per heavy atom. The Kier molecular flexibility index (Phi) is 51.8. The molecule has 0 aliphatic heterocycles. The van der Waals surface area contributed by atoms with Crippen LogP contribution in [0.5, 0.6) is 0 Å². The van der Waals surface area contributed by atoms with Crippen molar-refractivity contribution in [2.75, 3.05) is 70.0 Å². The third-order valence-electron chi connectivity index (χ3n) is 15.4. The molecule has 7 atom stereocenters. The van der Waals surface area contributed by atoms with E-state index in [1.165, 1.54) is 97.3 Å². The lowest BCUT2D eigenvalue weighted by molar-refractivity contribution is 0.312. The summed E-state index contributed by atoms with van der Waals surface area (Å²) in [5, 5.41) is 8.41. The fourth-order valence-corrected chi connectivity index (χ4v) is 17.1. The van der Waals surface area contributed by atoms with Gasteiger partial charge in [0.25, 0.3) is 0 Å². The van der Waals surface area contributed by atoms with Crippen molar-refractivity contribution in [3.63, 3.8) is 0 Å². The molecule has 0 N–H and O–H groups in total. The Morgan fingerprint density at radius 3 is 1.28 bits per heavy atom. The first-order valence-corrected chi connectivity index (χ1v) is 46.9. The van der Waals surface area contributed by atoms with Crippen molar-refractivity contribution in [3.05, 3.63) is 264 Å². The summed E-state index contributed by atoms with van der Waals surface area (Å²) < 4.78 is 13.0. The van der Waals surface area contributed by atoms with E-state index in [-0.39, 0.29) is 7.45 Å². The fraction of sp³-hybridized carbons (Fsp3) is 0.372. The van der Waals surface area contributed by atoms with Gasteiger partial charge in [-0.2, -0.15) is 5.26 Å². The zero-order valence-electron chi connectivity index (χ0n) is 60.3. The van der Waals surface area contributed by atoms with Gasteiger partial charge in [-0.05, 0) is 480 Å². The summed E-state index contributed by atoms with van der Waals surface area (Å²) >= 11 is 18.8. The molecule has 8 rings (SSSR count). The van der Waals surface area contributed by atoms with Gasteiger partial charge in [-0.1, -0.05) is 112 Å². The molecule has 0 aromatic heterocycles. The van der Waals surface area contributed by atoms with Crippen LogP contribution in [-0.2, 0) is 32.2 Å². The van der Waals surface area contributed by atoms with Crippen LogP contribution in [0.2, 0.25) is 0 Å². The van der Waals surface area contributed by atoms with E-state index in [9.17, 15) is 0 Å². The second-order valence-electron chi connectivity index (χ2n) is 25.0. The number of rotatable bonds is 16. The Labute approximate surface area is 700 Å². The van der Waals surface area contributed by atoms with Crippen molar-refractivity contribution in [1.82, 2.24) is 24.3 Å². The molecule has 0 bridgehead atoms. The van der Waals surface area contributed by atoms with Crippen LogP contribution in [0, 0.1) is 95.3 Å². The molecule has 524 valence electrons. The molecule has 0 saturated carbocycles. The molecule has 8 aromatic rings. The first kappa shape index (κ1) is 94.6. The van der Waals surface area contributed by atoms with Crippen molar-refractivity contribution in [2.45, 2.75) is 127 Å². The average molecular weight is 2270 g/mol. The lowest BCUT2D eigenvalue weighted by Gasteiger charge is -2.30. The second-order valence-corrected chi connectivity index (χ2v) is 43.7. The van der Waals surface area contributed by atoms with Crippen molar-refractivity contribution in [1.29, 1.82) is 5.26 Å². The minimum atomic E-state index is -0.0604. The predicted molar refractivity (Wildman–Crippen MR) is 505 cm³/mol. The SMILES string of the molecule is CN(C)Cc1ccc(I)cc1.C[C@H](Cc1ccc(I)cc1)N(C)C.Cc1cc(I)c(CCN(C)C)cc1C.Cc1cc(I)c(C[C@@H](C)N(C)P(P)PP)cc1C.Cc1ccc(C)c(I)c1.Cc1ccc(I)c(C[C@@H](C)N(C)C)c1.Cc1ccc(I)cc1.N#Cc1cccc(I)c1. The Morgan fingerprint density at radius 1 is 0.417 bits per heavy atom. The van der Waals surface area contributed by atoms with Crippen molar-refractivity contribution >= 4 is 214 Å². The van der Waals surface area contributed by atoms with Gasteiger partial charge in [0.15, 0.2) is 0 Å². The van der Waals surface area contributed by atoms with Crippen LogP contribution < -0.4 is 0 Å². The molecule has 0 heterocycles. The molecular weight excluding hydrogens is 2160 g/mol. The molecule has 4 unspecified atom stereocenters. The van der Waals surface area contributed by atoms with Gasteiger partial charge < -0.3 is 19.6 Å². The summed E-state index contributed by atoms with van der Waals surface area (Å²) in [4.78, 5) is 8.91. The molecule has 0 aliphatic carbocycles. The summed E-state index contributed by atoms with van der Waals surface area (Å²) in [7, 11) is 25.9. The Hall–Kier alpha value is 0.610. The van der Waals surface area contributed by atoms with Gasteiger partial charge in [-0.3, -0.25) is 4.67 Å². The van der Waals surface area contributed by atoms with Gasteiger partial charge in [0.2, 0.25) is 0 Å². The van der Waals surface area contributed by atoms with Gasteiger partial charge in [0.1, 0.15) is 0 Å². The highest BCUT2D eigenvalue weighted by molar-refractivity contribution is 14.1. The van der Waals surface area contributed by atoms with E-state index in [1.807, 2.05) is 18.2 Å². The van der Waals surface area contributed by atoms with Crippen LogP contribution in [0.25, 0.3) is 0 Å². The van der Waals surface area contributed by atoms with Crippen molar-refractivity contribution in [2.24, 2.45) is 0 Å². The largest absolute Gasteiger partial charge is 0.309 e. The highest BCUT2D eigenvalue weighted by atomic mass is 127. The number of nitriles is 1. The minimum Gasteiger partial charge on any atom is -0.309 e. The van der Waals surface area contributed by atoms with Gasteiger partial charge >= 0.3 is 0 Å². The van der Waals surface area contributed by atoms with Crippen LogP contribution in [0.15, 0.2) is 158 Å². The molecule has 0 aliphatic rings. The van der Waals surface area contributed by atoms with Gasteiger partial charge in [0.05, 0.1) is 11.6 Å². The fourth-order valence-electron chi connectivity index (χ4n) is 8.38. The van der Waals surface area contributed by atoms with Gasteiger partial charge in [-0.25, -0.2) is 0 Å². The summed E-state index contributed by atoms with van der Waals surface area (Å²) in [6.45, 7) is 26.2. The number of nitrogens with zero attached hydrogens (tertiary/aromatic N) is 6. The third-order valence-corrected chi connectivity index (χ3v) is 33.0. The second kappa shape index (κ2) is 52.6. The first-order chi connectivity index (χ1) is 45.0. The maximum atomic E-state index is 8.41. The average Bonchev–Trinajstić information content (AvgIpc) is 0.981. The van der Waals surface area contributed by atoms with Crippen molar-refractivity contribution in [3.8, 4) is 6.07 Å². The smallest absolute Gasteiger partial charge is 0.0991 e. The predicted octanol–water partition coefficient (Wildman–Crippen LogP) is 24.3. The van der Waals surface area contributed by atoms with Crippen molar-refractivity contribution < 1.29 is 0 Å². The molecule has 6 nitrogen and oxygen atoms in total. The van der Waals surface area contributed by atoms with Gasteiger partial charge in [-0.15, -0.1) is 8.93 Å². The summed E-state index contributed by atoms with van der Waals surface area (Å²) in [5.41, 5.74) is 18.9. The lowest BCUT2D eigenvalue weighted by atomic mass is 10.0. The molecule has 0 spiro atoms.